The number of nitrogen functional groups attached to an aromatic ring is 1. The topological polar surface area (TPSA) is 63.4 Å². The second kappa shape index (κ2) is 6.60. The zero-order chi connectivity index (χ0) is 15.5. The average molecular weight is 369 g/mol. The van der Waals surface area contributed by atoms with E-state index >= 15 is 0 Å². The molecule has 0 atom stereocenters. The first-order chi connectivity index (χ1) is 9.93. The van der Waals surface area contributed by atoms with E-state index in [0.717, 1.165) is 10.0 Å². The van der Waals surface area contributed by atoms with Crippen molar-refractivity contribution in [2.75, 3.05) is 12.3 Å². The second-order valence-corrected chi connectivity index (χ2v) is 7.48. The van der Waals surface area contributed by atoms with Crippen LogP contribution in [0.2, 0.25) is 0 Å². The third-order valence-corrected chi connectivity index (χ3v) is 5.54. The minimum atomic E-state index is -3.51. The van der Waals surface area contributed by atoms with Crippen molar-refractivity contribution in [3.8, 4) is 0 Å². The lowest BCUT2D eigenvalue weighted by atomic mass is 10.2. The molecule has 0 spiro atoms. The summed E-state index contributed by atoms with van der Waals surface area (Å²) in [5, 5.41) is 0. The molecule has 0 radical (unpaired) electrons. The third kappa shape index (κ3) is 3.84. The molecule has 2 N–H and O–H groups in total. The van der Waals surface area contributed by atoms with Crippen LogP contribution in [0.4, 0.5) is 5.69 Å². The molecule has 4 nitrogen and oxygen atoms in total. The first kappa shape index (κ1) is 16.0. The summed E-state index contributed by atoms with van der Waals surface area (Å²) in [6, 6.07) is 14.0. The lowest BCUT2D eigenvalue weighted by Crippen LogP contribution is -2.30. The van der Waals surface area contributed by atoms with Gasteiger partial charge in [0, 0.05) is 23.2 Å². The van der Waals surface area contributed by atoms with Crippen LogP contribution in [0.25, 0.3) is 0 Å². The van der Waals surface area contributed by atoms with E-state index in [0.29, 0.717) is 18.8 Å². The van der Waals surface area contributed by atoms with Crippen molar-refractivity contribution in [3.63, 3.8) is 0 Å². The number of rotatable bonds is 5. The van der Waals surface area contributed by atoms with Crippen molar-refractivity contribution in [1.29, 1.82) is 0 Å². The molecule has 0 aliphatic carbocycles. The fourth-order valence-corrected chi connectivity index (χ4v) is 4.00. The summed E-state index contributed by atoms with van der Waals surface area (Å²) in [5.74, 6) is 0. The number of anilines is 1. The zero-order valence-electron chi connectivity index (χ0n) is 11.7. The smallest absolute Gasteiger partial charge is 0.243 e. The van der Waals surface area contributed by atoms with E-state index in [1.807, 2.05) is 19.1 Å². The van der Waals surface area contributed by atoms with Gasteiger partial charge in [0.2, 0.25) is 10.0 Å². The van der Waals surface area contributed by atoms with E-state index in [9.17, 15) is 8.42 Å². The van der Waals surface area contributed by atoms with Crippen molar-refractivity contribution < 1.29 is 8.42 Å². The van der Waals surface area contributed by atoms with Crippen LogP contribution in [0.5, 0.6) is 0 Å². The lowest BCUT2D eigenvalue weighted by Gasteiger charge is -2.20. The highest BCUT2D eigenvalue weighted by Crippen LogP contribution is 2.21. The molecule has 0 bridgehead atoms. The summed E-state index contributed by atoms with van der Waals surface area (Å²) in [5.41, 5.74) is 7.22. The van der Waals surface area contributed by atoms with E-state index in [2.05, 4.69) is 15.9 Å². The van der Waals surface area contributed by atoms with Crippen molar-refractivity contribution in [2.24, 2.45) is 0 Å². The first-order valence-electron chi connectivity index (χ1n) is 6.53. The number of nitrogens with two attached hydrogens (primary N) is 1. The number of benzene rings is 2. The first-order valence-corrected chi connectivity index (χ1v) is 8.77. The van der Waals surface area contributed by atoms with Crippen LogP contribution in [-0.4, -0.2) is 19.3 Å². The largest absolute Gasteiger partial charge is 0.399 e. The number of halogens is 1. The molecule has 21 heavy (non-hydrogen) atoms. The summed E-state index contributed by atoms with van der Waals surface area (Å²) in [4.78, 5) is 0.286. The number of sulfonamides is 1. The molecule has 0 amide bonds. The molecule has 2 aromatic carbocycles. The Hall–Kier alpha value is -1.37. The highest BCUT2D eigenvalue weighted by molar-refractivity contribution is 9.10. The molecular formula is C15H17BrN2O2S. The molecule has 2 aromatic rings. The Bertz CT molecular complexity index is 715. The summed E-state index contributed by atoms with van der Waals surface area (Å²) < 4.78 is 27.5. The van der Waals surface area contributed by atoms with Crippen molar-refractivity contribution in [1.82, 2.24) is 4.31 Å². The number of hydrogen-bond acceptors (Lipinski definition) is 3. The Morgan fingerprint density at radius 3 is 2.38 bits per heavy atom. The Balaban J connectivity index is 2.29. The van der Waals surface area contributed by atoms with E-state index in [1.165, 1.54) is 4.31 Å². The van der Waals surface area contributed by atoms with E-state index < -0.39 is 10.0 Å². The van der Waals surface area contributed by atoms with Gasteiger partial charge in [-0.2, -0.15) is 4.31 Å². The summed E-state index contributed by atoms with van der Waals surface area (Å²) >= 11 is 3.30. The predicted molar refractivity (Wildman–Crippen MR) is 88.3 cm³/mol. The quantitative estimate of drug-likeness (QED) is 0.823. The average Bonchev–Trinajstić information content (AvgIpc) is 2.46. The molecule has 0 aliphatic rings. The number of hydrogen-bond donors (Lipinski definition) is 1. The second-order valence-electron chi connectivity index (χ2n) is 4.63. The van der Waals surface area contributed by atoms with Gasteiger partial charge in [-0.1, -0.05) is 41.1 Å². The highest BCUT2D eigenvalue weighted by atomic mass is 79.9. The van der Waals surface area contributed by atoms with Gasteiger partial charge in [-0.25, -0.2) is 8.42 Å². The zero-order valence-corrected chi connectivity index (χ0v) is 14.1. The Morgan fingerprint density at radius 2 is 1.81 bits per heavy atom. The normalized spacial score (nSPS) is 11.8. The molecule has 0 saturated carbocycles. The maximum absolute atomic E-state index is 12.7. The molecule has 2 rings (SSSR count). The Labute approximate surface area is 133 Å². The molecule has 0 heterocycles. The van der Waals surface area contributed by atoms with Crippen molar-refractivity contribution >= 4 is 31.6 Å². The van der Waals surface area contributed by atoms with Crippen LogP contribution >= 0.6 is 15.9 Å². The van der Waals surface area contributed by atoms with Gasteiger partial charge < -0.3 is 5.73 Å². The Morgan fingerprint density at radius 1 is 1.14 bits per heavy atom. The van der Waals surface area contributed by atoms with Crippen LogP contribution in [0, 0.1) is 0 Å². The van der Waals surface area contributed by atoms with Crippen LogP contribution < -0.4 is 5.73 Å². The fourth-order valence-electron chi connectivity index (χ4n) is 1.97. The fraction of sp³-hybridized carbons (Fsp3) is 0.200. The SMILES string of the molecule is CCN(Cc1ccc(N)cc1)S(=O)(=O)c1cccc(Br)c1. The maximum atomic E-state index is 12.7. The van der Waals surface area contributed by atoms with Gasteiger partial charge in [-0.3, -0.25) is 0 Å². The molecule has 0 unspecified atom stereocenters. The minimum absolute atomic E-state index is 0.286. The third-order valence-electron chi connectivity index (χ3n) is 3.13. The highest BCUT2D eigenvalue weighted by Gasteiger charge is 2.23. The van der Waals surface area contributed by atoms with E-state index in [4.69, 9.17) is 5.73 Å². The monoisotopic (exact) mass is 368 g/mol. The van der Waals surface area contributed by atoms with Crippen molar-refractivity contribution in [2.45, 2.75) is 18.4 Å². The molecule has 0 saturated heterocycles. The molecule has 0 fully saturated rings. The molecule has 112 valence electrons. The van der Waals surface area contributed by atoms with Crippen LogP contribution in [0.3, 0.4) is 0 Å². The molecular weight excluding hydrogens is 352 g/mol. The van der Waals surface area contributed by atoms with Gasteiger partial charge in [0.15, 0.2) is 0 Å². The summed E-state index contributed by atoms with van der Waals surface area (Å²) in [6.07, 6.45) is 0. The van der Waals surface area contributed by atoms with Crippen LogP contribution in [0.15, 0.2) is 57.9 Å². The van der Waals surface area contributed by atoms with Crippen molar-refractivity contribution in [3.05, 3.63) is 58.6 Å². The van der Waals surface area contributed by atoms with Gasteiger partial charge in [-0.05, 0) is 35.9 Å². The van der Waals surface area contributed by atoms with Crippen LogP contribution in [-0.2, 0) is 16.6 Å². The lowest BCUT2D eigenvalue weighted by molar-refractivity contribution is 0.423. The van der Waals surface area contributed by atoms with Gasteiger partial charge >= 0.3 is 0 Å². The minimum Gasteiger partial charge on any atom is -0.399 e. The van der Waals surface area contributed by atoms with Gasteiger partial charge in [0.1, 0.15) is 0 Å². The molecule has 6 heteroatoms. The Kier molecular flexibility index (Phi) is 5.03. The standard InChI is InChI=1S/C15H17BrN2O2S/c1-2-18(11-12-6-8-14(17)9-7-12)21(19,20)15-5-3-4-13(16)10-15/h3-10H,2,11,17H2,1H3. The molecule has 0 aliphatic heterocycles. The number of nitrogens with zero attached hydrogens (tertiary/aromatic N) is 1. The van der Waals surface area contributed by atoms with Crippen LogP contribution in [0.1, 0.15) is 12.5 Å². The van der Waals surface area contributed by atoms with Gasteiger partial charge in [0.05, 0.1) is 4.90 Å². The summed E-state index contributed by atoms with van der Waals surface area (Å²) in [7, 11) is -3.51. The predicted octanol–water partition coefficient (Wildman–Crippen LogP) is 3.24. The maximum Gasteiger partial charge on any atom is 0.243 e. The van der Waals surface area contributed by atoms with Gasteiger partial charge in [-0.15, -0.1) is 0 Å². The summed E-state index contributed by atoms with van der Waals surface area (Å²) in [6.45, 7) is 2.55. The van der Waals surface area contributed by atoms with E-state index in [1.54, 1.807) is 36.4 Å². The van der Waals surface area contributed by atoms with Gasteiger partial charge in [0.25, 0.3) is 0 Å². The van der Waals surface area contributed by atoms with E-state index in [-0.39, 0.29) is 4.90 Å². The molecule has 0 aromatic heterocycles.